The van der Waals surface area contributed by atoms with Crippen LogP contribution in [0.4, 0.5) is 0 Å². The number of rotatable bonds is 0. The molecule has 12 heavy (non-hydrogen) atoms. The Bertz CT molecular complexity index is 389. The van der Waals surface area contributed by atoms with E-state index in [0.717, 1.165) is 16.7 Å². The van der Waals surface area contributed by atoms with Gasteiger partial charge in [0.25, 0.3) is 0 Å². The summed E-state index contributed by atoms with van der Waals surface area (Å²) in [5, 5.41) is 1.10. The quantitative estimate of drug-likeness (QED) is 0.687. The van der Waals surface area contributed by atoms with Crippen LogP contribution in [0.1, 0.15) is 5.82 Å². The van der Waals surface area contributed by atoms with Crippen molar-refractivity contribution in [3.63, 3.8) is 0 Å². The van der Waals surface area contributed by atoms with Crippen molar-refractivity contribution in [2.75, 3.05) is 0 Å². The molecule has 0 saturated heterocycles. The van der Waals surface area contributed by atoms with E-state index in [4.69, 9.17) is 0 Å². The van der Waals surface area contributed by atoms with E-state index in [-0.39, 0.29) is 0 Å². The molecule has 1 aromatic carbocycles. The van der Waals surface area contributed by atoms with Gasteiger partial charge in [-0.25, -0.2) is 9.97 Å². The highest BCUT2D eigenvalue weighted by Gasteiger charge is 1.95. The number of hydrogen-bond acceptors (Lipinski definition) is 2. The van der Waals surface area contributed by atoms with Gasteiger partial charge in [-0.1, -0.05) is 6.07 Å². The Labute approximate surface area is 84.2 Å². The van der Waals surface area contributed by atoms with Crippen molar-refractivity contribution in [2.24, 2.45) is 0 Å². The van der Waals surface area contributed by atoms with Gasteiger partial charge in [-0.2, -0.15) is 0 Å². The first-order chi connectivity index (χ1) is 5.75. The SMILES string of the molecule is Cc1ncc2ccc(I)cc2n1. The van der Waals surface area contributed by atoms with Gasteiger partial charge in [-0.3, -0.25) is 0 Å². The molecule has 1 heterocycles. The van der Waals surface area contributed by atoms with E-state index < -0.39 is 0 Å². The highest BCUT2D eigenvalue weighted by Crippen LogP contribution is 2.14. The molecule has 0 radical (unpaired) electrons. The molecule has 0 bridgehead atoms. The maximum absolute atomic E-state index is 4.32. The van der Waals surface area contributed by atoms with Gasteiger partial charge in [0.15, 0.2) is 0 Å². The van der Waals surface area contributed by atoms with Crippen LogP contribution in [0, 0.1) is 10.5 Å². The summed E-state index contributed by atoms with van der Waals surface area (Å²) in [5.74, 6) is 0.824. The number of aromatic nitrogens is 2. The Kier molecular flexibility index (Phi) is 1.96. The summed E-state index contributed by atoms with van der Waals surface area (Å²) in [6.45, 7) is 1.90. The van der Waals surface area contributed by atoms with E-state index in [1.807, 2.05) is 19.2 Å². The van der Waals surface area contributed by atoms with Gasteiger partial charge < -0.3 is 0 Å². The van der Waals surface area contributed by atoms with E-state index in [1.165, 1.54) is 3.57 Å². The zero-order chi connectivity index (χ0) is 8.55. The highest BCUT2D eigenvalue weighted by molar-refractivity contribution is 14.1. The van der Waals surface area contributed by atoms with Gasteiger partial charge >= 0.3 is 0 Å². The van der Waals surface area contributed by atoms with Crippen molar-refractivity contribution < 1.29 is 0 Å². The normalized spacial score (nSPS) is 10.5. The third-order valence-corrected chi connectivity index (χ3v) is 2.34. The molecule has 0 aliphatic carbocycles. The Morgan fingerprint density at radius 2 is 2.17 bits per heavy atom. The lowest BCUT2D eigenvalue weighted by atomic mass is 10.2. The third kappa shape index (κ3) is 1.41. The topological polar surface area (TPSA) is 25.8 Å². The van der Waals surface area contributed by atoms with Crippen LogP contribution in [0.5, 0.6) is 0 Å². The first-order valence-corrected chi connectivity index (χ1v) is 4.72. The van der Waals surface area contributed by atoms with Gasteiger partial charge in [0.1, 0.15) is 5.82 Å². The zero-order valence-corrected chi connectivity index (χ0v) is 8.74. The van der Waals surface area contributed by atoms with E-state index in [0.29, 0.717) is 0 Å². The van der Waals surface area contributed by atoms with Crippen LogP contribution in [-0.4, -0.2) is 9.97 Å². The molecule has 0 aliphatic heterocycles. The van der Waals surface area contributed by atoms with Crippen molar-refractivity contribution >= 4 is 33.5 Å². The van der Waals surface area contributed by atoms with E-state index in [9.17, 15) is 0 Å². The molecule has 0 saturated carbocycles. The standard InChI is InChI=1S/C9H7IN2/c1-6-11-5-7-2-3-8(10)4-9(7)12-6/h2-5H,1H3. The Morgan fingerprint density at radius 3 is 3.00 bits per heavy atom. The summed E-state index contributed by atoms with van der Waals surface area (Å²) in [6, 6.07) is 6.16. The van der Waals surface area contributed by atoms with Crippen LogP contribution < -0.4 is 0 Å². The molecular weight excluding hydrogens is 263 g/mol. The number of halogens is 1. The molecule has 3 heteroatoms. The minimum absolute atomic E-state index is 0.824. The Morgan fingerprint density at radius 1 is 1.33 bits per heavy atom. The zero-order valence-electron chi connectivity index (χ0n) is 6.58. The second kappa shape index (κ2) is 2.97. The van der Waals surface area contributed by atoms with E-state index in [2.05, 4.69) is 44.7 Å². The van der Waals surface area contributed by atoms with Gasteiger partial charge in [0, 0.05) is 15.2 Å². The Balaban J connectivity index is 2.80. The predicted molar refractivity (Wildman–Crippen MR) is 57.0 cm³/mol. The summed E-state index contributed by atoms with van der Waals surface area (Å²) in [6.07, 6.45) is 1.85. The van der Waals surface area contributed by atoms with Crippen LogP contribution >= 0.6 is 22.6 Å². The largest absolute Gasteiger partial charge is 0.241 e. The molecule has 2 rings (SSSR count). The lowest BCUT2D eigenvalue weighted by Crippen LogP contribution is -1.87. The average Bonchev–Trinajstić information content (AvgIpc) is 2.03. The summed E-state index contributed by atoms with van der Waals surface area (Å²) in [5.41, 5.74) is 1.02. The molecule has 0 spiro atoms. The molecule has 0 amide bonds. The molecule has 0 aliphatic rings. The number of aryl methyl sites for hydroxylation is 1. The van der Waals surface area contributed by atoms with Crippen LogP contribution in [-0.2, 0) is 0 Å². The van der Waals surface area contributed by atoms with Crippen molar-refractivity contribution in [1.82, 2.24) is 9.97 Å². The maximum atomic E-state index is 4.32. The number of nitrogens with zero attached hydrogens (tertiary/aromatic N) is 2. The van der Waals surface area contributed by atoms with Crippen molar-refractivity contribution in [1.29, 1.82) is 0 Å². The first kappa shape index (κ1) is 7.91. The smallest absolute Gasteiger partial charge is 0.125 e. The molecule has 1 aromatic heterocycles. The predicted octanol–water partition coefficient (Wildman–Crippen LogP) is 2.54. The van der Waals surface area contributed by atoms with Gasteiger partial charge in [0.2, 0.25) is 0 Å². The monoisotopic (exact) mass is 270 g/mol. The Hall–Kier alpha value is -0.710. The minimum Gasteiger partial charge on any atom is -0.241 e. The lowest BCUT2D eigenvalue weighted by molar-refractivity contribution is 1.09. The molecule has 2 nitrogen and oxygen atoms in total. The average molecular weight is 270 g/mol. The summed E-state index contributed by atoms with van der Waals surface area (Å²) in [7, 11) is 0. The fraction of sp³-hybridized carbons (Fsp3) is 0.111. The number of fused-ring (bicyclic) bond motifs is 1. The number of benzene rings is 1. The van der Waals surface area contributed by atoms with E-state index >= 15 is 0 Å². The first-order valence-electron chi connectivity index (χ1n) is 3.64. The fourth-order valence-corrected chi connectivity index (χ4v) is 1.56. The molecule has 0 atom stereocenters. The second-order valence-corrected chi connectivity index (χ2v) is 3.87. The summed E-state index contributed by atoms with van der Waals surface area (Å²) < 4.78 is 1.21. The van der Waals surface area contributed by atoms with Crippen molar-refractivity contribution in [2.45, 2.75) is 6.92 Å². The van der Waals surface area contributed by atoms with Gasteiger partial charge in [0.05, 0.1) is 5.52 Å². The van der Waals surface area contributed by atoms with Crippen molar-refractivity contribution in [3.8, 4) is 0 Å². The minimum atomic E-state index is 0.824. The number of hydrogen-bond donors (Lipinski definition) is 0. The molecule has 0 unspecified atom stereocenters. The molecule has 2 aromatic rings. The summed E-state index contributed by atoms with van der Waals surface area (Å²) in [4.78, 5) is 8.44. The van der Waals surface area contributed by atoms with Gasteiger partial charge in [-0.05, 0) is 41.6 Å². The summed E-state index contributed by atoms with van der Waals surface area (Å²) >= 11 is 2.28. The molecule has 0 N–H and O–H groups in total. The molecule has 0 fully saturated rings. The second-order valence-electron chi connectivity index (χ2n) is 2.62. The highest BCUT2D eigenvalue weighted by atomic mass is 127. The molecule has 60 valence electrons. The lowest BCUT2D eigenvalue weighted by Gasteiger charge is -1.97. The van der Waals surface area contributed by atoms with Gasteiger partial charge in [-0.15, -0.1) is 0 Å². The van der Waals surface area contributed by atoms with E-state index in [1.54, 1.807) is 0 Å². The molecular formula is C9H7IN2. The maximum Gasteiger partial charge on any atom is 0.125 e. The van der Waals surface area contributed by atoms with Crippen LogP contribution in [0.15, 0.2) is 24.4 Å². The fourth-order valence-electron chi connectivity index (χ4n) is 1.09. The third-order valence-electron chi connectivity index (χ3n) is 1.67. The van der Waals surface area contributed by atoms with Crippen molar-refractivity contribution in [3.05, 3.63) is 33.8 Å². The van der Waals surface area contributed by atoms with Crippen LogP contribution in [0.25, 0.3) is 10.9 Å². The van der Waals surface area contributed by atoms with Crippen LogP contribution in [0.2, 0.25) is 0 Å². The van der Waals surface area contributed by atoms with Crippen LogP contribution in [0.3, 0.4) is 0 Å².